The molecule has 3 heterocycles. The predicted octanol–water partition coefficient (Wildman–Crippen LogP) is 6.40. The van der Waals surface area contributed by atoms with Crippen LogP contribution in [-0.2, 0) is 28.6 Å². The second kappa shape index (κ2) is 14.5. The number of aliphatic carboxylic acids is 1. The number of azide groups is 1. The summed E-state index contributed by atoms with van der Waals surface area (Å²) >= 11 is 0. The molecule has 2 fully saturated rings. The van der Waals surface area contributed by atoms with Gasteiger partial charge in [-0.05, 0) is 72.2 Å². The first-order valence-electron chi connectivity index (χ1n) is 14.3. The SMILES string of the molecule is C[C@H]1[C@H](C)[C@@H](C)C(C(=O)O)O[C@@H]1CN=[N+]=[N-].Cc1ccc(S(=O)(=O)OC[C@H]2O[C@H](c3ccco3)[C@H](C)[C@@H](C)[C@@H]2C)cc1. The van der Waals surface area contributed by atoms with Crippen LogP contribution in [0.5, 0.6) is 0 Å². The molecule has 12 heteroatoms. The minimum absolute atomic E-state index is 0.00829. The molecule has 0 aliphatic carbocycles. The summed E-state index contributed by atoms with van der Waals surface area (Å²) in [6.07, 6.45) is -0.00160. The van der Waals surface area contributed by atoms with Crippen molar-refractivity contribution in [2.45, 2.75) is 77.8 Å². The molecule has 1 aromatic carbocycles. The number of rotatable bonds is 8. The Hall–Kier alpha value is -2.89. The Bertz CT molecular complexity index is 1310. The summed E-state index contributed by atoms with van der Waals surface area (Å²) in [5, 5.41) is 12.5. The van der Waals surface area contributed by atoms with E-state index >= 15 is 0 Å². The third-order valence-electron chi connectivity index (χ3n) is 9.18. The van der Waals surface area contributed by atoms with Crippen LogP contribution in [0.2, 0.25) is 0 Å². The second-order valence-corrected chi connectivity index (χ2v) is 13.3. The van der Waals surface area contributed by atoms with Gasteiger partial charge in [0, 0.05) is 4.91 Å². The summed E-state index contributed by atoms with van der Waals surface area (Å²) in [7, 11) is -3.81. The molecule has 42 heavy (non-hydrogen) atoms. The molecule has 1 unspecified atom stereocenters. The van der Waals surface area contributed by atoms with Crippen LogP contribution >= 0.6 is 0 Å². The van der Waals surface area contributed by atoms with Crippen LogP contribution in [-0.4, -0.2) is 51.0 Å². The lowest BCUT2D eigenvalue weighted by Gasteiger charge is -2.42. The average molecular weight is 606 g/mol. The molecular weight excluding hydrogens is 562 g/mol. The molecule has 10 atom stereocenters. The number of carboxylic acid groups (broad SMARTS) is 1. The van der Waals surface area contributed by atoms with Gasteiger partial charge in [-0.1, -0.05) is 64.4 Å². The van der Waals surface area contributed by atoms with Crippen LogP contribution in [0.15, 0.2) is 57.1 Å². The van der Waals surface area contributed by atoms with Crippen LogP contribution in [0.3, 0.4) is 0 Å². The minimum atomic E-state index is -3.81. The first-order chi connectivity index (χ1) is 19.8. The first-order valence-corrected chi connectivity index (χ1v) is 15.7. The van der Waals surface area contributed by atoms with Crippen molar-refractivity contribution in [1.82, 2.24) is 0 Å². The fraction of sp³-hybridized carbons (Fsp3) is 0.633. The maximum Gasteiger partial charge on any atom is 0.333 e. The van der Waals surface area contributed by atoms with Gasteiger partial charge in [-0.25, -0.2) is 4.79 Å². The highest BCUT2D eigenvalue weighted by Crippen LogP contribution is 2.43. The van der Waals surface area contributed by atoms with E-state index in [4.69, 9.17) is 28.7 Å². The van der Waals surface area contributed by atoms with Gasteiger partial charge in [0.05, 0.1) is 36.5 Å². The Morgan fingerprint density at radius 3 is 2.12 bits per heavy atom. The first kappa shape index (κ1) is 33.6. The van der Waals surface area contributed by atoms with Gasteiger partial charge in [-0.3, -0.25) is 4.18 Å². The molecule has 2 saturated heterocycles. The second-order valence-electron chi connectivity index (χ2n) is 11.7. The molecule has 1 aromatic heterocycles. The van der Waals surface area contributed by atoms with Gasteiger partial charge < -0.3 is 19.0 Å². The van der Waals surface area contributed by atoms with Crippen molar-refractivity contribution in [2.24, 2.45) is 40.6 Å². The number of nitrogens with zero attached hydrogens (tertiary/aromatic N) is 3. The molecule has 0 bridgehead atoms. The lowest BCUT2D eigenvalue weighted by Crippen LogP contribution is -2.49. The maximum absolute atomic E-state index is 12.5. The number of ether oxygens (including phenoxy) is 2. The van der Waals surface area contributed by atoms with Crippen LogP contribution in [0.25, 0.3) is 10.4 Å². The molecule has 2 aromatic rings. The fourth-order valence-electron chi connectivity index (χ4n) is 5.57. The van der Waals surface area contributed by atoms with Crippen molar-refractivity contribution in [1.29, 1.82) is 0 Å². The zero-order valence-electron chi connectivity index (χ0n) is 25.3. The number of aryl methyl sites for hydroxylation is 1. The maximum atomic E-state index is 12.5. The molecule has 4 rings (SSSR count). The number of carboxylic acids is 1. The Labute approximate surface area is 248 Å². The van der Waals surface area contributed by atoms with Crippen molar-refractivity contribution in [3.63, 3.8) is 0 Å². The van der Waals surface area contributed by atoms with Gasteiger partial charge in [0.15, 0.2) is 6.10 Å². The summed E-state index contributed by atoms with van der Waals surface area (Å²) in [4.78, 5) is 13.8. The number of hydrogen-bond donors (Lipinski definition) is 1. The Morgan fingerprint density at radius 2 is 1.55 bits per heavy atom. The number of furan rings is 1. The van der Waals surface area contributed by atoms with E-state index in [1.165, 1.54) is 0 Å². The van der Waals surface area contributed by atoms with Gasteiger partial charge in [0.25, 0.3) is 10.1 Å². The van der Waals surface area contributed by atoms with Crippen LogP contribution in [0.4, 0.5) is 0 Å². The molecule has 0 radical (unpaired) electrons. The van der Waals surface area contributed by atoms with Crippen LogP contribution < -0.4 is 0 Å². The topological polar surface area (TPSA) is 161 Å². The third-order valence-corrected chi connectivity index (χ3v) is 10.5. The Balaban J connectivity index is 0.000000260. The van der Waals surface area contributed by atoms with Crippen molar-refractivity contribution in [3.8, 4) is 0 Å². The molecule has 2 aliphatic heterocycles. The van der Waals surface area contributed by atoms with Crippen LogP contribution in [0, 0.1) is 42.4 Å². The van der Waals surface area contributed by atoms with Gasteiger partial charge in [-0.2, -0.15) is 8.42 Å². The van der Waals surface area contributed by atoms with E-state index in [-0.39, 0.29) is 65.9 Å². The number of benzene rings is 1. The van der Waals surface area contributed by atoms with E-state index in [9.17, 15) is 13.2 Å². The zero-order valence-corrected chi connectivity index (χ0v) is 26.1. The van der Waals surface area contributed by atoms with Gasteiger partial charge >= 0.3 is 5.97 Å². The van der Waals surface area contributed by atoms with E-state index in [2.05, 4.69) is 30.8 Å². The normalized spacial score (nSPS) is 33.1. The minimum Gasteiger partial charge on any atom is -0.479 e. The smallest absolute Gasteiger partial charge is 0.333 e. The van der Waals surface area contributed by atoms with Crippen molar-refractivity contribution < 1.29 is 36.4 Å². The lowest BCUT2D eigenvalue weighted by atomic mass is 9.76. The monoisotopic (exact) mass is 605 g/mol. The summed E-state index contributed by atoms with van der Waals surface area (Å²) in [6.45, 7) is 14.4. The van der Waals surface area contributed by atoms with E-state index in [0.29, 0.717) is 5.92 Å². The number of hydrogen-bond acceptors (Lipinski definition) is 8. The molecule has 2 aliphatic rings. The van der Waals surface area contributed by atoms with Crippen molar-refractivity contribution >= 4 is 16.1 Å². The van der Waals surface area contributed by atoms with Crippen molar-refractivity contribution in [3.05, 3.63) is 64.4 Å². The average Bonchev–Trinajstić information content (AvgIpc) is 3.49. The van der Waals surface area contributed by atoms with E-state index in [0.717, 1.165) is 11.3 Å². The summed E-state index contributed by atoms with van der Waals surface area (Å²) < 4.78 is 47.4. The third kappa shape index (κ3) is 7.93. The largest absolute Gasteiger partial charge is 0.479 e. The van der Waals surface area contributed by atoms with E-state index < -0.39 is 22.2 Å². The van der Waals surface area contributed by atoms with Gasteiger partial charge in [0.1, 0.15) is 11.9 Å². The fourth-order valence-corrected chi connectivity index (χ4v) is 6.49. The highest BCUT2D eigenvalue weighted by atomic mass is 32.2. The van der Waals surface area contributed by atoms with E-state index in [1.807, 2.05) is 39.8 Å². The molecule has 0 amide bonds. The van der Waals surface area contributed by atoms with Gasteiger partial charge in [0.2, 0.25) is 0 Å². The lowest BCUT2D eigenvalue weighted by molar-refractivity contribution is -0.177. The Kier molecular flexibility index (Phi) is 11.6. The molecule has 1 N–H and O–H groups in total. The summed E-state index contributed by atoms with van der Waals surface area (Å²) in [6, 6.07) is 10.4. The summed E-state index contributed by atoms with van der Waals surface area (Å²) in [5.74, 6) is 0.986. The van der Waals surface area contributed by atoms with Gasteiger partial charge in [-0.15, -0.1) is 0 Å². The molecule has 0 saturated carbocycles. The standard InChI is InChI=1S/C20H26O5S.C10H17N3O3/c1-13-7-9-17(10-8-13)26(21,22)24-12-19-15(3)14(2)16(4)20(25-19)18-6-5-11-23-18;1-5-6(2)8(4-12-13-11)16-9(7(5)3)10(14)15/h5-11,14-16,19-20H,12H2,1-4H3;5-9H,4H2,1-3H3,(H,14,15)/t14-,15-,16+,19+,20-;5-,6-,7+,8+,9?/m00/s1. The highest BCUT2D eigenvalue weighted by Gasteiger charge is 2.43. The quantitative estimate of drug-likeness (QED) is 0.156. The van der Waals surface area contributed by atoms with Crippen molar-refractivity contribution in [2.75, 3.05) is 13.2 Å². The Morgan fingerprint density at radius 1 is 0.929 bits per heavy atom. The molecular formula is C30H43N3O8S. The molecule has 0 spiro atoms. The van der Waals surface area contributed by atoms with E-state index in [1.54, 1.807) is 30.5 Å². The molecule has 11 nitrogen and oxygen atoms in total. The number of carbonyl (C=O) groups is 1. The summed E-state index contributed by atoms with van der Waals surface area (Å²) in [5.41, 5.74) is 9.26. The van der Waals surface area contributed by atoms with Crippen LogP contribution in [0.1, 0.15) is 59.0 Å². The zero-order chi connectivity index (χ0) is 31.2. The predicted molar refractivity (Wildman–Crippen MR) is 156 cm³/mol. The molecule has 232 valence electrons. The highest BCUT2D eigenvalue weighted by molar-refractivity contribution is 7.86.